The van der Waals surface area contributed by atoms with Gasteiger partial charge in [-0.2, -0.15) is 0 Å². The number of rotatable bonds is 9. The molecule has 3 heterocycles. The molecule has 4 unspecified atom stereocenters. The number of carbonyl (C=O) groups is 3. The van der Waals surface area contributed by atoms with Gasteiger partial charge in [0.2, 0.25) is 11.8 Å². The number of nitrogens with one attached hydrogen (secondary N) is 2. The fraction of sp³-hybridized carbons (Fsp3) is 0.225. The molecule has 2 fully saturated rings. The van der Waals surface area contributed by atoms with E-state index in [9.17, 15) is 19.5 Å². The van der Waals surface area contributed by atoms with E-state index in [-0.39, 0.29) is 12.3 Å². The van der Waals surface area contributed by atoms with Gasteiger partial charge in [-0.1, -0.05) is 117 Å². The monoisotopic (exact) mass is 623 g/mol. The van der Waals surface area contributed by atoms with Crippen molar-refractivity contribution in [3.05, 3.63) is 137 Å². The number of fused-ring (bicyclic) bond motifs is 2. The highest BCUT2D eigenvalue weighted by Crippen LogP contribution is 2.52. The Morgan fingerprint density at radius 2 is 1.43 bits per heavy atom. The number of anilines is 1. The molecular weight excluding hydrogens is 586 g/mol. The standard InChI is InChI=1S/C40H37N3O4/c1-3-27-13-10-14-28(4-2)36(27)43-37(44)33-34(38(43)45)40(39(46)47,23-30-24-41-32-16-9-8-15-31(30)32)42-35(33)29-21-19-26(20-22-29)18-17-25-11-6-5-7-12-25/h5-22,24,33-35,41-42H,3-4,23H2,1-2H3,(H,46,47)/b18-17+. The third-order valence-corrected chi connectivity index (χ3v) is 9.93. The van der Waals surface area contributed by atoms with Gasteiger partial charge in [0.1, 0.15) is 5.54 Å². The van der Waals surface area contributed by atoms with Gasteiger partial charge in [-0.05, 0) is 52.3 Å². The van der Waals surface area contributed by atoms with Crippen LogP contribution in [0.15, 0.2) is 103 Å². The molecule has 4 atom stereocenters. The summed E-state index contributed by atoms with van der Waals surface area (Å²) in [5, 5.41) is 15.4. The molecule has 0 saturated carbocycles. The summed E-state index contributed by atoms with van der Waals surface area (Å²) in [5.41, 5.74) is 5.14. The second kappa shape index (κ2) is 12.2. The Labute approximate surface area is 273 Å². The molecule has 47 heavy (non-hydrogen) atoms. The van der Waals surface area contributed by atoms with Crippen molar-refractivity contribution >= 4 is 46.5 Å². The normalized spacial score (nSPS) is 22.4. The molecule has 2 aliphatic rings. The van der Waals surface area contributed by atoms with Crippen molar-refractivity contribution < 1.29 is 19.5 Å². The number of hydrogen-bond acceptors (Lipinski definition) is 4. The van der Waals surface area contributed by atoms with Crippen LogP contribution >= 0.6 is 0 Å². The zero-order valence-corrected chi connectivity index (χ0v) is 26.4. The average Bonchev–Trinajstić information content (AvgIpc) is 3.75. The SMILES string of the molecule is CCc1cccc(CC)c1N1C(=O)C2C(c3ccc(/C=C/c4ccccc4)cc3)NC(Cc3c[nH]c4ccccc34)(C(=O)O)C2C1=O. The third-order valence-electron chi connectivity index (χ3n) is 9.93. The molecule has 0 spiro atoms. The summed E-state index contributed by atoms with van der Waals surface area (Å²) in [6.07, 6.45) is 7.16. The first-order valence-corrected chi connectivity index (χ1v) is 16.2. The van der Waals surface area contributed by atoms with Crippen molar-refractivity contribution in [2.24, 2.45) is 11.8 Å². The summed E-state index contributed by atoms with van der Waals surface area (Å²) in [6, 6.07) is 30.7. The lowest BCUT2D eigenvalue weighted by Crippen LogP contribution is -2.57. The summed E-state index contributed by atoms with van der Waals surface area (Å²) in [6.45, 7) is 4.00. The van der Waals surface area contributed by atoms with E-state index in [2.05, 4.69) is 10.3 Å². The third kappa shape index (κ3) is 5.07. The number of hydrogen-bond donors (Lipinski definition) is 3. The fourth-order valence-corrected chi connectivity index (χ4v) is 7.60. The molecule has 2 saturated heterocycles. The first-order valence-electron chi connectivity index (χ1n) is 16.2. The van der Waals surface area contributed by atoms with Gasteiger partial charge in [-0.3, -0.25) is 19.7 Å². The van der Waals surface area contributed by atoms with Crippen LogP contribution in [0.2, 0.25) is 0 Å². The van der Waals surface area contributed by atoms with Crippen LogP contribution in [0.5, 0.6) is 0 Å². The quantitative estimate of drug-likeness (QED) is 0.122. The van der Waals surface area contributed by atoms with Gasteiger partial charge >= 0.3 is 5.97 Å². The lowest BCUT2D eigenvalue weighted by Gasteiger charge is -2.32. The molecule has 2 aliphatic heterocycles. The van der Waals surface area contributed by atoms with E-state index in [0.717, 1.165) is 44.3 Å². The van der Waals surface area contributed by atoms with Gasteiger partial charge in [0.25, 0.3) is 0 Å². The maximum Gasteiger partial charge on any atom is 0.325 e. The Kier molecular flexibility index (Phi) is 7.86. The number of aromatic nitrogens is 1. The van der Waals surface area contributed by atoms with Crippen LogP contribution in [-0.2, 0) is 33.6 Å². The van der Waals surface area contributed by atoms with Gasteiger partial charge < -0.3 is 10.1 Å². The van der Waals surface area contributed by atoms with Gasteiger partial charge in [-0.25, -0.2) is 4.90 Å². The number of para-hydroxylation sites is 2. The molecule has 7 rings (SSSR count). The topological polar surface area (TPSA) is 102 Å². The largest absolute Gasteiger partial charge is 0.480 e. The van der Waals surface area contributed by atoms with Gasteiger partial charge in [0.15, 0.2) is 0 Å². The van der Waals surface area contributed by atoms with Crippen LogP contribution in [0.4, 0.5) is 5.69 Å². The average molecular weight is 624 g/mol. The number of aliphatic carboxylic acids is 1. The zero-order valence-electron chi connectivity index (χ0n) is 26.4. The molecule has 1 aromatic heterocycles. The van der Waals surface area contributed by atoms with Crippen LogP contribution < -0.4 is 10.2 Å². The molecule has 3 N–H and O–H groups in total. The highest BCUT2D eigenvalue weighted by atomic mass is 16.4. The van der Waals surface area contributed by atoms with E-state index in [1.54, 1.807) is 0 Å². The van der Waals surface area contributed by atoms with Gasteiger partial charge in [0, 0.05) is 29.6 Å². The number of carbonyl (C=O) groups excluding carboxylic acids is 2. The maximum atomic E-state index is 14.7. The predicted molar refractivity (Wildman–Crippen MR) is 185 cm³/mol. The number of carboxylic acid groups (broad SMARTS) is 1. The second-order valence-electron chi connectivity index (χ2n) is 12.5. The first-order chi connectivity index (χ1) is 22.9. The Hall–Kier alpha value is -5.27. The summed E-state index contributed by atoms with van der Waals surface area (Å²) < 4.78 is 0. The van der Waals surface area contributed by atoms with Crippen LogP contribution in [-0.4, -0.2) is 33.4 Å². The Morgan fingerprint density at radius 1 is 0.787 bits per heavy atom. The van der Waals surface area contributed by atoms with Crippen LogP contribution in [0.1, 0.15) is 53.3 Å². The van der Waals surface area contributed by atoms with Crippen LogP contribution in [0, 0.1) is 11.8 Å². The number of H-pyrrole nitrogens is 1. The predicted octanol–water partition coefficient (Wildman–Crippen LogP) is 6.98. The lowest BCUT2D eigenvalue weighted by atomic mass is 9.76. The summed E-state index contributed by atoms with van der Waals surface area (Å²) in [5.74, 6) is -3.98. The summed E-state index contributed by atoms with van der Waals surface area (Å²) in [7, 11) is 0. The number of imide groups is 1. The minimum atomic E-state index is -1.72. The molecule has 5 aromatic rings. The van der Waals surface area contributed by atoms with Crippen LogP contribution in [0.3, 0.4) is 0 Å². The van der Waals surface area contributed by atoms with E-state index < -0.39 is 35.3 Å². The smallest absolute Gasteiger partial charge is 0.325 e. The number of amides is 2. The van der Waals surface area contributed by atoms with Gasteiger partial charge in [0.05, 0.1) is 17.5 Å². The highest BCUT2D eigenvalue weighted by molar-refractivity contribution is 6.25. The number of aromatic amines is 1. The zero-order chi connectivity index (χ0) is 32.7. The molecule has 4 aromatic carbocycles. The summed E-state index contributed by atoms with van der Waals surface area (Å²) >= 11 is 0. The number of nitrogens with zero attached hydrogens (tertiary/aromatic N) is 1. The Morgan fingerprint density at radius 3 is 2.09 bits per heavy atom. The van der Waals surface area contributed by atoms with E-state index in [1.165, 1.54) is 4.90 Å². The highest BCUT2D eigenvalue weighted by Gasteiger charge is 2.69. The number of carboxylic acids is 1. The number of benzene rings is 4. The minimum Gasteiger partial charge on any atom is -0.480 e. The molecule has 2 amide bonds. The minimum absolute atomic E-state index is 0.0326. The lowest BCUT2D eigenvalue weighted by molar-refractivity contribution is -0.148. The second-order valence-corrected chi connectivity index (χ2v) is 12.5. The number of aryl methyl sites for hydroxylation is 2. The Bertz CT molecular complexity index is 1990. The molecular formula is C40H37N3O4. The van der Waals surface area contributed by atoms with E-state index in [4.69, 9.17) is 0 Å². The molecule has 7 heteroatoms. The fourth-order valence-electron chi connectivity index (χ4n) is 7.60. The van der Waals surface area contributed by atoms with Crippen molar-refractivity contribution in [2.45, 2.75) is 44.7 Å². The maximum absolute atomic E-state index is 14.7. The molecule has 7 nitrogen and oxygen atoms in total. The van der Waals surface area contributed by atoms with E-state index in [1.807, 2.05) is 129 Å². The molecule has 0 bridgehead atoms. The van der Waals surface area contributed by atoms with Crippen LogP contribution in [0.25, 0.3) is 23.1 Å². The van der Waals surface area contributed by atoms with Crippen molar-refractivity contribution in [1.29, 1.82) is 0 Å². The Balaban J connectivity index is 1.33. The van der Waals surface area contributed by atoms with Crippen molar-refractivity contribution in [3.63, 3.8) is 0 Å². The van der Waals surface area contributed by atoms with Crippen molar-refractivity contribution in [3.8, 4) is 0 Å². The molecule has 0 radical (unpaired) electrons. The molecule has 236 valence electrons. The van der Waals surface area contributed by atoms with E-state index >= 15 is 0 Å². The molecule has 0 aliphatic carbocycles. The van der Waals surface area contributed by atoms with E-state index in [0.29, 0.717) is 18.5 Å². The summed E-state index contributed by atoms with van der Waals surface area (Å²) in [4.78, 5) is 47.4. The van der Waals surface area contributed by atoms with Crippen molar-refractivity contribution in [2.75, 3.05) is 4.90 Å². The first kappa shape index (κ1) is 30.4. The van der Waals surface area contributed by atoms with Gasteiger partial charge in [-0.15, -0.1) is 0 Å². The van der Waals surface area contributed by atoms with Crippen molar-refractivity contribution in [1.82, 2.24) is 10.3 Å².